The van der Waals surface area contributed by atoms with Gasteiger partial charge in [0.05, 0.1) is 17.4 Å². The monoisotopic (exact) mass is 262 g/mol. The summed E-state index contributed by atoms with van der Waals surface area (Å²) in [5.74, 6) is 0.768. The Morgan fingerprint density at radius 2 is 2.00 bits per heavy atom. The zero-order valence-corrected chi connectivity index (χ0v) is 11.6. The molecule has 0 spiro atoms. The Morgan fingerprint density at radius 3 is 2.53 bits per heavy atom. The molecular weight excluding hydrogens is 240 g/mol. The molecule has 2 rings (SSSR count). The van der Waals surface area contributed by atoms with Crippen LogP contribution in [-0.4, -0.2) is 30.5 Å². The second-order valence-electron chi connectivity index (χ2n) is 5.47. The maximum atomic E-state index is 12.2. The number of aromatic nitrogens is 1. The number of hydrogen-bond acceptors (Lipinski definition) is 4. The molecule has 1 aliphatic rings. The first kappa shape index (κ1) is 13.8. The van der Waals surface area contributed by atoms with Crippen LogP contribution in [-0.2, 0) is 4.79 Å². The third-order valence-electron chi connectivity index (χ3n) is 3.66. The fraction of sp³-hybridized carbons (Fsp3) is 0.571. The second kappa shape index (κ2) is 5.57. The van der Waals surface area contributed by atoms with Crippen LogP contribution in [0.3, 0.4) is 0 Å². The number of hydrogen-bond donors (Lipinski definition) is 2. The Labute approximate surface area is 114 Å². The minimum Gasteiger partial charge on any atom is -0.363 e. The van der Waals surface area contributed by atoms with Crippen molar-refractivity contribution in [3.63, 3.8) is 0 Å². The van der Waals surface area contributed by atoms with Gasteiger partial charge in [0.1, 0.15) is 5.82 Å². The lowest BCUT2D eigenvalue weighted by Gasteiger charge is -2.31. The van der Waals surface area contributed by atoms with Crippen molar-refractivity contribution in [1.82, 2.24) is 4.98 Å². The lowest BCUT2D eigenvalue weighted by atomic mass is 9.82. The summed E-state index contributed by atoms with van der Waals surface area (Å²) in [6.07, 6.45) is 6.43. The number of nitrogens with two attached hydrogens (primary N) is 1. The summed E-state index contributed by atoms with van der Waals surface area (Å²) in [5, 5.41) is 2.87. The van der Waals surface area contributed by atoms with Crippen molar-refractivity contribution in [3.8, 4) is 0 Å². The molecule has 0 radical (unpaired) electrons. The van der Waals surface area contributed by atoms with E-state index in [1.807, 2.05) is 31.1 Å². The number of carbonyl (C=O) groups excluding carboxylic acids is 1. The van der Waals surface area contributed by atoms with Gasteiger partial charge in [-0.25, -0.2) is 4.98 Å². The lowest BCUT2D eigenvalue weighted by Crippen LogP contribution is -2.52. The molecule has 5 nitrogen and oxygen atoms in total. The number of amides is 1. The molecule has 1 amide bonds. The van der Waals surface area contributed by atoms with Crippen LogP contribution >= 0.6 is 0 Å². The average Bonchev–Trinajstić information content (AvgIpc) is 2.40. The Kier molecular flexibility index (Phi) is 4.04. The fourth-order valence-corrected chi connectivity index (χ4v) is 2.39. The van der Waals surface area contributed by atoms with Crippen molar-refractivity contribution >= 4 is 17.4 Å². The Hall–Kier alpha value is -1.62. The van der Waals surface area contributed by atoms with Crippen LogP contribution in [0.5, 0.6) is 0 Å². The Bertz CT molecular complexity index is 435. The first-order valence-corrected chi connectivity index (χ1v) is 6.75. The van der Waals surface area contributed by atoms with E-state index in [1.54, 1.807) is 6.20 Å². The summed E-state index contributed by atoms with van der Waals surface area (Å²) in [4.78, 5) is 18.4. The summed E-state index contributed by atoms with van der Waals surface area (Å²) in [6.45, 7) is 0. The SMILES string of the molecule is CN(C)c1ccc(NC(=O)C2(N)CCCCC2)cn1. The van der Waals surface area contributed by atoms with Crippen molar-refractivity contribution in [3.05, 3.63) is 18.3 Å². The second-order valence-corrected chi connectivity index (χ2v) is 5.47. The third-order valence-corrected chi connectivity index (χ3v) is 3.66. The highest BCUT2D eigenvalue weighted by atomic mass is 16.2. The lowest BCUT2D eigenvalue weighted by molar-refractivity contribution is -0.122. The summed E-state index contributed by atoms with van der Waals surface area (Å²) < 4.78 is 0. The molecule has 19 heavy (non-hydrogen) atoms. The van der Waals surface area contributed by atoms with Gasteiger partial charge < -0.3 is 16.0 Å². The normalized spacial score (nSPS) is 17.8. The molecule has 1 saturated carbocycles. The van der Waals surface area contributed by atoms with Crippen LogP contribution in [0.4, 0.5) is 11.5 Å². The highest BCUT2D eigenvalue weighted by molar-refractivity contribution is 5.97. The number of anilines is 2. The first-order valence-electron chi connectivity index (χ1n) is 6.75. The molecule has 1 fully saturated rings. The van der Waals surface area contributed by atoms with E-state index in [9.17, 15) is 4.79 Å². The maximum absolute atomic E-state index is 12.2. The van der Waals surface area contributed by atoms with Crippen LogP contribution in [0.1, 0.15) is 32.1 Å². The predicted octanol–water partition coefficient (Wildman–Crippen LogP) is 1.75. The average molecular weight is 262 g/mol. The quantitative estimate of drug-likeness (QED) is 0.870. The molecule has 0 aromatic carbocycles. The van der Waals surface area contributed by atoms with Gasteiger partial charge in [-0.3, -0.25) is 4.79 Å². The van der Waals surface area contributed by atoms with Crippen molar-refractivity contribution in [2.75, 3.05) is 24.3 Å². The topological polar surface area (TPSA) is 71.2 Å². The summed E-state index contributed by atoms with van der Waals surface area (Å²) >= 11 is 0. The van der Waals surface area contributed by atoms with E-state index in [0.29, 0.717) is 5.69 Å². The van der Waals surface area contributed by atoms with E-state index in [-0.39, 0.29) is 5.91 Å². The van der Waals surface area contributed by atoms with Gasteiger partial charge in [0.2, 0.25) is 5.91 Å². The minimum atomic E-state index is -0.710. The van der Waals surface area contributed by atoms with Gasteiger partial charge in [0.15, 0.2) is 0 Å². The summed E-state index contributed by atoms with van der Waals surface area (Å²) in [5.41, 5.74) is 6.18. The number of pyridine rings is 1. The van der Waals surface area contributed by atoms with E-state index in [4.69, 9.17) is 5.73 Å². The standard InChI is InChI=1S/C14H22N4O/c1-18(2)12-7-6-11(10-16-12)17-13(19)14(15)8-4-3-5-9-14/h6-7,10H,3-5,8-9,15H2,1-2H3,(H,17,19). The Balaban J connectivity index is 2.02. The summed E-state index contributed by atoms with van der Waals surface area (Å²) in [6, 6.07) is 3.73. The highest BCUT2D eigenvalue weighted by Crippen LogP contribution is 2.27. The zero-order valence-electron chi connectivity index (χ0n) is 11.6. The molecule has 104 valence electrons. The van der Waals surface area contributed by atoms with Crippen LogP contribution in [0.25, 0.3) is 0 Å². The van der Waals surface area contributed by atoms with Gasteiger partial charge in [-0.1, -0.05) is 19.3 Å². The molecule has 1 aromatic rings. The van der Waals surface area contributed by atoms with Gasteiger partial charge in [0, 0.05) is 14.1 Å². The molecule has 1 aliphatic carbocycles. The first-order chi connectivity index (χ1) is 9.01. The molecule has 1 heterocycles. The number of rotatable bonds is 3. The molecule has 0 bridgehead atoms. The summed E-state index contributed by atoms with van der Waals surface area (Å²) in [7, 11) is 3.86. The van der Waals surface area contributed by atoms with E-state index < -0.39 is 5.54 Å². The molecule has 0 saturated heterocycles. The molecule has 5 heteroatoms. The molecule has 3 N–H and O–H groups in total. The smallest absolute Gasteiger partial charge is 0.244 e. The zero-order chi connectivity index (χ0) is 13.9. The number of nitrogens with zero attached hydrogens (tertiary/aromatic N) is 2. The van der Waals surface area contributed by atoms with Crippen molar-refractivity contribution < 1.29 is 4.79 Å². The van der Waals surface area contributed by atoms with Gasteiger partial charge in [-0.2, -0.15) is 0 Å². The van der Waals surface area contributed by atoms with Gasteiger partial charge in [-0.05, 0) is 25.0 Å². The molecule has 0 unspecified atom stereocenters. The highest BCUT2D eigenvalue weighted by Gasteiger charge is 2.35. The van der Waals surface area contributed by atoms with Crippen molar-refractivity contribution in [1.29, 1.82) is 0 Å². The van der Waals surface area contributed by atoms with Gasteiger partial charge in [0.25, 0.3) is 0 Å². The van der Waals surface area contributed by atoms with Crippen LogP contribution in [0.15, 0.2) is 18.3 Å². The van der Waals surface area contributed by atoms with E-state index >= 15 is 0 Å². The molecular formula is C14H22N4O. The molecule has 1 aromatic heterocycles. The maximum Gasteiger partial charge on any atom is 0.244 e. The van der Waals surface area contributed by atoms with Crippen LogP contribution in [0.2, 0.25) is 0 Å². The Morgan fingerprint density at radius 1 is 1.32 bits per heavy atom. The van der Waals surface area contributed by atoms with Gasteiger partial charge in [-0.15, -0.1) is 0 Å². The van der Waals surface area contributed by atoms with Crippen molar-refractivity contribution in [2.24, 2.45) is 5.73 Å². The van der Waals surface area contributed by atoms with E-state index in [2.05, 4.69) is 10.3 Å². The van der Waals surface area contributed by atoms with E-state index in [1.165, 1.54) is 6.42 Å². The van der Waals surface area contributed by atoms with Gasteiger partial charge >= 0.3 is 0 Å². The molecule has 0 atom stereocenters. The minimum absolute atomic E-state index is 0.0911. The van der Waals surface area contributed by atoms with Crippen LogP contribution < -0.4 is 16.0 Å². The largest absolute Gasteiger partial charge is 0.363 e. The number of carbonyl (C=O) groups is 1. The fourth-order valence-electron chi connectivity index (χ4n) is 2.39. The number of nitrogens with one attached hydrogen (secondary N) is 1. The van der Waals surface area contributed by atoms with Crippen molar-refractivity contribution in [2.45, 2.75) is 37.6 Å². The predicted molar refractivity (Wildman–Crippen MR) is 77.2 cm³/mol. The van der Waals surface area contributed by atoms with E-state index in [0.717, 1.165) is 31.5 Å². The third kappa shape index (κ3) is 3.23. The van der Waals surface area contributed by atoms with Crippen LogP contribution in [0, 0.1) is 0 Å². The molecule has 0 aliphatic heterocycles.